The highest BCUT2D eigenvalue weighted by Crippen LogP contribution is 2.13. The predicted octanol–water partition coefficient (Wildman–Crippen LogP) is 2.67. The zero-order valence-corrected chi connectivity index (χ0v) is 10.0. The van der Waals surface area contributed by atoms with Gasteiger partial charge in [-0.1, -0.05) is 30.3 Å². The van der Waals surface area contributed by atoms with Crippen LogP contribution >= 0.6 is 12.4 Å². The van der Waals surface area contributed by atoms with E-state index in [1.807, 2.05) is 42.5 Å². The largest absolute Gasteiger partial charge is 0.309 e. The van der Waals surface area contributed by atoms with Crippen LogP contribution in [0.25, 0.3) is 0 Å². The van der Waals surface area contributed by atoms with E-state index in [1.54, 1.807) is 17.3 Å². The van der Waals surface area contributed by atoms with Crippen molar-refractivity contribution in [3.63, 3.8) is 0 Å². The molecule has 0 aliphatic heterocycles. The molecule has 1 aromatic heterocycles. The SMILES string of the molecule is Cl.O=CN(Cc1ccccc1)c1cccnc1. The molecule has 0 fully saturated rings. The first-order chi connectivity index (χ1) is 7.90. The summed E-state index contributed by atoms with van der Waals surface area (Å²) in [6.45, 7) is 0.566. The molecule has 1 aromatic carbocycles. The number of rotatable bonds is 4. The van der Waals surface area contributed by atoms with Gasteiger partial charge in [0.05, 0.1) is 18.4 Å². The molecule has 17 heavy (non-hydrogen) atoms. The number of carbonyl (C=O) groups is 1. The minimum Gasteiger partial charge on any atom is -0.309 e. The maximum absolute atomic E-state index is 11.0. The number of nitrogens with zero attached hydrogens (tertiary/aromatic N) is 2. The van der Waals surface area contributed by atoms with E-state index in [4.69, 9.17) is 0 Å². The van der Waals surface area contributed by atoms with E-state index < -0.39 is 0 Å². The summed E-state index contributed by atoms with van der Waals surface area (Å²) in [5.74, 6) is 0. The summed E-state index contributed by atoms with van der Waals surface area (Å²) in [5, 5.41) is 0. The molecule has 0 atom stereocenters. The number of amides is 1. The average Bonchev–Trinajstić information content (AvgIpc) is 2.38. The van der Waals surface area contributed by atoms with Crippen LogP contribution in [0, 0.1) is 0 Å². The predicted molar refractivity (Wildman–Crippen MR) is 70.2 cm³/mol. The molecule has 3 nitrogen and oxygen atoms in total. The summed E-state index contributed by atoms with van der Waals surface area (Å²) in [7, 11) is 0. The van der Waals surface area contributed by atoms with Crippen LogP contribution in [0.2, 0.25) is 0 Å². The molecule has 0 aliphatic carbocycles. The highest BCUT2D eigenvalue weighted by molar-refractivity contribution is 5.85. The van der Waals surface area contributed by atoms with Gasteiger partial charge < -0.3 is 4.90 Å². The first kappa shape index (κ1) is 13.2. The number of halogens is 1. The van der Waals surface area contributed by atoms with Crippen molar-refractivity contribution in [2.45, 2.75) is 6.54 Å². The Kier molecular flexibility index (Phi) is 5.17. The van der Waals surface area contributed by atoms with E-state index in [0.29, 0.717) is 6.54 Å². The maximum atomic E-state index is 11.0. The van der Waals surface area contributed by atoms with Crippen molar-refractivity contribution in [1.29, 1.82) is 0 Å². The number of carbonyl (C=O) groups excluding carboxylic acids is 1. The molecule has 88 valence electrons. The second kappa shape index (κ2) is 6.66. The lowest BCUT2D eigenvalue weighted by molar-refractivity contribution is -0.107. The third-order valence-electron chi connectivity index (χ3n) is 2.30. The van der Waals surface area contributed by atoms with Gasteiger partial charge in [0.2, 0.25) is 6.41 Å². The Morgan fingerprint density at radius 1 is 1.12 bits per heavy atom. The van der Waals surface area contributed by atoms with E-state index in [-0.39, 0.29) is 12.4 Å². The second-order valence-electron chi connectivity index (χ2n) is 3.43. The molecule has 2 aromatic rings. The van der Waals surface area contributed by atoms with Gasteiger partial charge in [0.1, 0.15) is 0 Å². The molecule has 4 heteroatoms. The minimum atomic E-state index is 0. The minimum absolute atomic E-state index is 0. The number of aromatic nitrogens is 1. The zero-order chi connectivity index (χ0) is 11.2. The summed E-state index contributed by atoms with van der Waals surface area (Å²) < 4.78 is 0. The summed E-state index contributed by atoms with van der Waals surface area (Å²) in [4.78, 5) is 16.6. The van der Waals surface area contributed by atoms with E-state index in [1.165, 1.54) is 0 Å². The quantitative estimate of drug-likeness (QED) is 0.780. The van der Waals surface area contributed by atoms with Crippen LogP contribution < -0.4 is 4.90 Å². The van der Waals surface area contributed by atoms with Crippen LogP contribution in [0.15, 0.2) is 54.9 Å². The lowest BCUT2D eigenvalue weighted by Crippen LogP contribution is -2.20. The van der Waals surface area contributed by atoms with Crippen molar-refractivity contribution in [3.05, 3.63) is 60.4 Å². The molecule has 0 radical (unpaired) electrons. The van der Waals surface area contributed by atoms with Gasteiger partial charge in [0.15, 0.2) is 0 Å². The Morgan fingerprint density at radius 2 is 1.88 bits per heavy atom. The van der Waals surface area contributed by atoms with Crippen molar-refractivity contribution in [2.24, 2.45) is 0 Å². The second-order valence-corrected chi connectivity index (χ2v) is 3.43. The normalized spacial score (nSPS) is 9.18. The van der Waals surface area contributed by atoms with Gasteiger partial charge in [-0.2, -0.15) is 0 Å². The highest BCUT2D eigenvalue weighted by Gasteiger charge is 2.04. The van der Waals surface area contributed by atoms with Crippen LogP contribution in [-0.2, 0) is 11.3 Å². The molecule has 1 heterocycles. The monoisotopic (exact) mass is 248 g/mol. The number of hydrogen-bond acceptors (Lipinski definition) is 2. The molecule has 0 spiro atoms. The van der Waals surface area contributed by atoms with E-state index >= 15 is 0 Å². The van der Waals surface area contributed by atoms with Gasteiger partial charge in [0.25, 0.3) is 0 Å². The molecule has 0 saturated carbocycles. The van der Waals surface area contributed by atoms with E-state index in [0.717, 1.165) is 17.7 Å². The molecule has 0 N–H and O–H groups in total. The molecule has 0 aliphatic rings. The van der Waals surface area contributed by atoms with Crippen molar-refractivity contribution in [1.82, 2.24) is 4.98 Å². The lowest BCUT2D eigenvalue weighted by Gasteiger charge is -2.16. The first-order valence-electron chi connectivity index (χ1n) is 5.06. The van der Waals surface area contributed by atoms with E-state index in [2.05, 4.69) is 4.98 Å². The topological polar surface area (TPSA) is 33.2 Å². The Bertz CT molecular complexity index is 447. The summed E-state index contributed by atoms with van der Waals surface area (Å²) >= 11 is 0. The lowest BCUT2D eigenvalue weighted by atomic mass is 10.2. The van der Waals surface area contributed by atoms with Gasteiger partial charge in [-0.25, -0.2) is 0 Å². The average molecular weight is 249 g/mol. The summed E-state index contributed by atoms with van der Waals surface area (Å²) in [6, 6.07) is 13.5. The summed E-state index contributed by atoms with van der Waals surface area (Å²) in [5.41, 5.74) is 1.90. The molecule has 1 amide bonds. The number of anilines is 1. The van der Waals surface area contributed by atoms with Crippen LogP contribution in [0.4, 0.5) is 5.69 Å². The van der Waals surface area contributed by atoms with Gasteiger partial charge in [-0.15, -0.1) is 12.4 Å². The van der Waals surface area contributed by atoms with Crippen LogP contribution in [-0.4, -0.2) is 11.4 Å². The Labute approximate surface area is 107 Å². The third-order valence-corrected chi connectivity index (χ3v) is 2.30. The highest BCUT2D eigenvalue weighted by atomic mass is 35.5. The number of hydrogen-bond donors (Lipinski definition) is 0. The Morgan fingerprint density at radius 3 is 2.47 bits per heavy atom. The fraction of sp³-hybridized carbons (Fsp3) is 0.0769. The smallest absolute Gasteiger partial charge is 0.214 e. The fourth-order valence-corrected chi connectivity index (χ4v) is 1.49. The van der Waals surface area contributed by atoms with Crippen molar-refractivity contribution in [2.75, 3.05) is 4.90 Å². The standard InChI is InChI=1S/C13H12N2O.ClH/c16-11-15(13-7-4-8-14-9-13)10-12-5-2-1-3-6-12;/h1-9,11H,10H2;1H. The molecular formula is C13H13ClN2O. The number of pyridine rings is 1. The Hall–Kier alpha value is -1.87. The fourth-order valence-electron chi connectivity index (χ4n) is 1.49. The van der Waals surface area contributed by atoms with Crippen LogP contribution in [0.1, 0.15) is 5.56 Å². The Balaban J connectivity index is 0.00000144. The van der Waals surface area contributed by atoms with Gasteiger partial charge in [-0.3, -0.25) is 9.78 Å². The van der Waals surface area contributed by atoms with Crippen molar-refractivity contribution in [3.8, 4) is 0 Å². The summed E-state index contributed by atoms with van der Waals surface area (Å²) in [6.07, 6.45) is 4.19. The van der Waals surface area contributed by atoms with E-state index in [9.17, 15) is 4.79 Å². The maximum Gasteiger partial charge on any atom is 0.214 e. The molecule has 2 rings (SSSR count). The third kappa shape index (κ3) is 3.57. The molecular weight excluding hydrogens is 236 g/mol. The van der Waals surface area contributed by atoms with Crippen molar-refractivity contribution >= 4 is 24.5 Å². The molecule has 0 bridgehead atoms. The van der Waals surface area contributed by atoms with Crippen molar-refractivity contribution < 1.29 is 4.79 Å². The van der Waals surface area contributed by atoms with Gasteiger partial charge >= 0.3 is 0 Å². The molecule has 0 saturated heterocycles. The van der Waals surface area contributed by atoms with Gasteiger partial charge in [-0.05, 0) is 17.7 Å². The molecule has 0 unspecified atom stereocenters. The van der Waals surface area contributed by atoms with Gasteiger partial charge in [0, 0.05) is 6.20 Å². The van der Waals surface area contributed by atoms with Crippen LogP contribution in [0.5, 0.6) is 0 Å². The zero-order valence-electron chi connectivity index (χ0n) is 9.19. The van der Waals surface area contributed by atoms with Crippen LogP contribution in [0.3, 0.4) is 0 Å². The first-order valence-corrected chi connectivity index (χ1v) is 5.06. The number of benzene rings is 1.